The molecule has 14 heteroatoms. The van der Waals surface area contributed by atoms with E-state index in [1.165, 1.54) is 29.4 Å². The van der Waals surface area contributed by atoms with Crippen molar-refractivity contribution in [3.8, 4) is 5.75 Å². The number of carbonyl (C=O) groups is 1. The quantitative estimate of drug-likeness (QED) is 0.0262. The van der Waals surface area contributed by atoms with Gasteiger partial charge < -0.3 is 25.6 Å². The lowest BCUT2D eigenvalue weighted by Crippen LogP contribution is -2.32. The number of carbonyl (C=O) groups excluding carboxylic acids is 1. The number of unbranched alkanes of at least 4 members (excludes halogenated alkanes) is 1. The maximum absolute atomic E-state index is 12.6. The van der Waals surface area contributed by atoms with Gasteiger partial charge in [-0.25, -0.2) is 10.6 Å². The van der Waals surface area contributed by atoms with Crippen molar-refractivity contribution in [3.63, 3.8) is 0 Å². The highest BCUT2D eigenvalue weighted by Gasteiger charge is 2.39. The fourth-order valence-corrected chi connectivity index (χ4v) is 7.22. The Hall–Kier alpha value is -4.88. The van der Waals surface area contributed by atoms with Gasteiger partial charge in [-0.1, -0.05) is 24.4 Å². The molecule has 5 rings (SSSR count). The van der Waals surface area contributed by atoms with E-state index in [-0.39, 0.29) is 41.6 Å². The Morgan fingerprint density at radius 2 is 1.96 bits per heavy atom. The van der Waals surface area contributed by atoms with Crippen molar-refractivity contribution in [2.24, 2.45) is 34.0 Å². The van der Waals surface area contributed by atoms with Crippen LogP contribution < -0.4 is 22.5 Å². The van der Waals surface area contributed by atoms with Gasteiger partial charge in [-0.2, -0.15) is 0 Å². The number of phenolic OH excluding ortho intramolecular Hbond substituents is 1. The van der Waals surface area contributed by atoms with Crippen LogP contribution in [0.5, 0.6) is 5.75 Å². The molecule has 1 heterocycles. The number of aromatic hydroxyl groups is 1. The second kappa shape index (κ2) is 15.3. The van der Waals surface area contributed by atoms with Crippen LogP contribution >= 0.6 is 11.6 Å². The number of halogens is 1. The van der Waals surface area contributed by atoms with E-state index in [1.807, 2.05) is 0 Å². The summed E-state index contributed by atoms with van der Waals surface area (Å²) in [4.78, 5) is 47.8. The molecule has 0 saturated heterocycles. The van der Waals surface area contributed by atoms with E-state index >= 15 is 0 Å². The Kier molecular flexibility index (Phi) is 11.0. The fourth-order valence-electron chi connectivity index (χ4n) is 7.04. The number of rotatable bonds is 14. The van der Waals surface area contributed by atoms with Crippen LogP contribution in [-0.2, 0) is 11.2 Å². The highest BCUT2D eigenvalue weighted by molar-refractivity contribution is 6.31. The van der Waals surface area contributed by atoms with Gasteiger partial charge in [0, 0.05) is 52.1 Å². The van der Waals surface area contributed by atoms with Gasteiger partial charge in [0.2, 0.25) is 5.91 Å². The van der Waals surface area contributed by atoms with Gasteiger partial charge in [-0.15, -0.1) is 9.81 Å². The van der Waals surface area contributed by atoms with E-state index < -0.39 is 11.5 Å². The number of amides is 1. The lowest BCUT2D eigenvalue weighted by molar-refractivity contribution is -0.120. The highest BCUT2D eigenvalue weighted by Crippen LogP contribution is 2.48. The van der Waals surface area contributed by atoms with Crippen LogP contribution in [-0.4, -0.2) is 34.8 Å². The maximum atomic E-state index is 12.6. The second-order valence-corrected chi connectivity index (χ2v) is 13.0. The Morgan fingerprint density at radius 3 is 2.71 bits per heavy atom. The zero-order valence-corrected chi connectivity index (χ0v) is 27.0. The molecule has 0 aliphatic heterocycles. The number of nitroso groups, excluding NO2 is 2. The van der Waals surface area contributed by atoms with Crippen molar-refractivity contribution in [3.05, 3.63) is 102 Å². The molecule has 1 saturated carbocycles. The van der Waals surface area contributed by atoms with E-state index in [0.29, 0.717) is 63.3 Å². The molecule has 2 bridgehead atoms. The third-order valence-corrected chi connectivity index (χ3v) is 9.34. The first-order valence-electron chi connectivity index (χ1n) is 15.8. The van der Waals surface area contributed by atoms with Crippen LogP contribution in [0.1, 0.15) is 56.1 Å². The molecule has 0 spiro atoms. The number of benzene rings is 2. The first-order chi connectivity index (χ1) is 23.0. The fraction of sp³-hybridized carbons (Fsp3) is 0.382. The van der Waals surface area contributed by atoms with E-state index in [0.717, 1.165) is 38.5 Å². The second-order valence-electron chi connectivity index (χ2n) is 12.6. The Labute approximate surface area is 281 Å². The first-order valence-corrected chi connectivity index (χ1v) is 16.2. The molecule has 3 aromatic rings. The normalized spacial score (nSPS) is 19.2. The number of anilines is 1. The summed E-state index contributed by atoms with van der Waals surface area (Å²) in [7, 11) is 0. The Balaban J connectivity index is 1.10. The molecule has 1 fully saturated rings. The molecule has 7 N–H and O–H groups in total. The number of nitrogen functional groups attached to an aromatic ring is 1. The van der Waals surface area contributed by atoms with Crippen molar-refractivity contribution in [2.75, 3.05) is 18.8 Å². The monoisotopic (exact) mass is 675 g/mol. The number of hydrogen-bond donors (Lipinski definition) is 5. The van der Waals surface area contributed by atoms with Crippen LogP contribution in [0.3, 0.4) is 0 Å². The van der Waals surface area contributed by atoms with Crippen molar-refractivity contribution in [2.45, 2.75) is 51.4 Å². The molecule has 0 radical (unpaired) electrons. The molecule has 1 amide bonds. The van der Waals surface area contributed by atoms with Gasteiger partial charge in [0.15, 0.2) is 0 Å². The standard InChI is InChI=1S/C34H38ClN7O6/c35-23-4-6-27(28(36)15-23)34(37)33-22-10-19(9-20(11-22)12-29(33)41-47)3-1-2-8-42(38)18-24(40-46)17-39-31(44)13-21-14-32(45)48-30-16-25(43)5-7-26(21)30/h4-7,14-16,18-20,22,37,43H,1-3,8-13,17,36,38H2,(H,39,44)/b24-18-,37-34?. The van der Waals surface area contributed by atoms with Crippen LogP contribution in [0.15, 0.2) is 85.2 Å². The predicted molar refractivity (Wildman–Crippen MR) is 184 cm³/mol. The molecule has 252 valence electrons. The minimum absolute atomic E-state index is 0.0380. The summed E-state index contributed by atoms with van der Waals surface area (Å²) in [5.74, 6) is 6.44. The summed E-state index contributed by atoms with van der Waals surface area (Å²) in [6.45, 7) is 0.321. The summed E-state index contributed by atoms with van der Waals surface area (Å²) in [5.41, 5.74) is 8.48. The van der Waals surface area contributed by atoms with Crippen molar-refractivity contribution >= 4 is 39.9 Å². The summed E-state index contributed by atoms with van der Waals surface area (Å²) >= 11 is 6.06. The van der Waals surface area contributed by atoms with Crippen LogP contribution in [0, 0.1) is 33.0 Å². The number of nitrogens with one attached hydrogen (secondary N) is 2. The molecular weight excluding hydrogens is 638 g/mol. The van der Waals surface area contributed by atoms with E-state index in [4.69, 9.17) is 33.0 Å². The molecule has 2 aliphatic rings. The van der Waals surface area contributed by atoms with Gasteiger partial charge >= 0.3 is 5.63 Å². The number of hydrazine groups is 1. The van der Waals surface area contributed by atoms with Crippen molar-refractivity contribution in [1.29, 1.82) is 5.41 Å². The average Bonchev–Trinajstić information content (AvgIpc) is 3.04. The third kappa shape index (κ3) is 8.33. The summed E-state index contributed by atoms with van der Waals surface area (Å²) in [5, 5.41) is 29.9. The molecule has 1 aromatic heterocycles. The average molecular weight is 676 g/mol. The minimum atomic E-state index is -0.651. The zero-order valence-electron chi connectivity index (χ0n) is 26.3. The van der Waals surface area contributed by atoms with Crippen molar-refractivity contribution < 1.29 is 14.3 Å². The third-order valence-electron chi connectivity index (χ3n) is 9.11. The van der Waals surface area contributed by atoms with Gasteiger partial charge in [0.25, 0.3) is 0 Å². The van der Waals surface area contributed by atoms with Crippen LogP contribution in [0.2, 0.25) is 5.02 Å². The molecule has 2 aromatic carbocycles. The minimum Gasteiger partial charge on any atom is -0.508 e. The first kappa shape index (κ1) is 34.5. The SMILES string of the molecule is N=C(C1=C(N=O)CC2CC(CCCCN(N)/C=C(/CNC(=O)Cc3cc(=O)oc4cc(O)ccc34)N=O)CC1C2)c1ccc(Cl)cc1N. The molecule has 2 aliphatic carbocycles. The molecule has 3 unspecified atom stereocenters. The number of fused-ring (bicyclic) bond motifs is 3. The summed E-state index contributed by atoms with van der Waals surface area (Å²) < 4.78 is 5.10. The largest absolute Gasteiger partial charge is 0.508 e. The molecular formula is C34H38ClN7O6. The van der Waals surface area contributed by atoms with Crippen LogP contribution in [0.25, 0.3) is 11.0 Å². The lowest BCUT2D eigenvalue weighted by atomic mass is 9.64. The Morgan fingerprint density at radius 1 is 1.15 bits per heavy atom. The maximum Gasteiger partial charge on any atom is 0.336 e. The molecule has 48 heavy (non-hydrogen) atoms. The number of phenols is 1. The van der Waals surface area contributed by atoms with E-state index in [2.05, 4.69) is 15.7 Å². The van der Waals surface area contributed by atoms with Crippen LogP contribution in [0.4, 0.5) is 5.69 Å². The van der Waals surface area contributed by atoms with E-state index in [1.54, 1.807) is 24.3 Å². The number of nitrogens with zero attached hydrogens (tertiary/aromatic N) is 3. The van der Waals surface area contributed by atoms with Gasteiger partial charge in [0.05, 0.1) is 24.4 Å². The number of allylic oxidation sites excluding steroid dienone is 2. The zero-order chi connectivity index (χ0) is 34.4. The number of hydrogen-bond acceptors (Lipinski definition) is 12. The lowest BCUT2D eigenvalue weighted by Gasteiger charge is -2.40. The Bertz CT molecular complexity index is 1860. The highest BCUT2D eigenvalue weighted by atomic mass is 35.5. The topological polar surface area (TPSA) is 218 Å². The smallest absolute Gasteiger partial charge is 0.336 e. The summed E-state index contributed by atoms with van der Waals surface area (Å²) in [6.07, 6.45) is 7.19. The van der Waals surface area contributed by atoms with Gasteiger partial charge in [-0.05, 0) is 96.1 Å². The van der Waals surface area contributed by atoms with Gasteiger partial charge in [-0.3, -0.25) is 10.2 Å². The molecule has 13 nitrogen and oxygen atoms in total. The van der Waals surface area contributed by atoms with Crippen molar-refractivity contribution in [1.82, 2.24) is 10.3 Å². The van der Waals surface area contributed by atoms with E-state index in [9.17, 15) is 24.5 Å². The summed E-state index contributed by atoms with van der Waals surface area (Å²) in [6, 6.07) is 10.5. The number of nitrogens with two attached hydrogens (primary N) is 2. The molecule has 3 atom stereocenters. The van der Waals surface area contributed by atoms with Gasteiger partial charge in [0.1, 0.15) is 17.0 Å². The predicted octanol–water partition coefficient (Wildman–Crippen LogP) is 5.87.